The van der Waals surface area contributed by atoms with Crippen LogP contribution in [0.2, 0.25) is 5.02 Å². The molecule has 1 aliphatic heterocycles. The topological polar surface area (TPSA) is 29.5 Å². The van der Waals surface area contributed by atoms with Crippen molar-refractivity contribution in [3.8, 4) is 0 Å². The molecule has 110 valence electrons. The largest absolute Gasteiger partial charge is 0.376 e. The molecule has 1 fully saturated rings. The number of amides is 1. The Morgan fingerprint density at radius 3 is 2.85 bits per heavy atom. The summed E-state index contributed by atoms with van der Waals surface area (Å²) in [4.78, 5) is 14.4. The molecular weight excluding hydrogens is 274 g/mol. The first-order valence-corrected chi connectivity index (χ1v) is 7.66. The molecular formula is C16H22ClNO2. The predicted octanol–water partition coefficient (Wildman–Crippen LogP) is 3.68. The number of benzene rings is 1. The van der Waals surface area contributed by atoms with Crippen LogP contribution in [0.15, 0.2) is 18.2 Å². The predicted molar refractivity (Wildman–Crippen MR) is 81.4 cm³/mol. The average Bonchev–Trinajstić information content (AvgIpc) is 2.48. The Hall–Kier alpha value is -1.06. The molecule has 1 amide bonds. The van der Waals surface area contributed by atoms with Gasteiger partial charge in [-0.2, -0.15) is 0 Å². The quantitative estimate of drug-likeness (QED) is 0.848. The summed E-state index contributed by atoms with van der Waals surface area (Å²) in [7, 11) is 0. The molecule has 0 saturated carbocycles. The minimum absolute atomic E-state index is 0.0569. The Kier molecular flexibility index (Phi) is 5.44. The molecule has 2 rings (SSSR count). The van der Waals surface area contributed by atoms with Crippen LogP contribution in [-0.4, -0.2) is 36.6 Å². The van der Waals surface area contributed by atoms with Gasteiger partial charge >= 0.3 is 0 Å². The molecule has 0 radical (unpaired) electrons. The molecule has 1 aromatic rings. The third kappa shape index (κ3) is 3.74. The first-order valence-electron chi connectivity index (χ1n) is 7.29. The molecule has 1 aliphatic rings. The first kappa shape index (κ1) is 15.3. The van der Waals surface area contributed by atoms with Crippen molar-refractivity contribution in [1.82, 2.24) is 4.90 Å². The number of hydrogen-bond donors (Lipinski definition) is 0. The third-order valence-corrected chi connectivity index (χ3v) is 4.20. The van der Waals surface area contributed by atoms with Crippen LogP contribution in [-0.2, 0) is 4.74 Å². The van der Waals surface area contributed by atoms with E-state index in [-0.39, 0.29) is 12.0 Å². The summed E-state index contributed by atoms with van der Waals surface area (Å²) in [5.41, 5.74) is 1.63. The smallest absolute Gasteiger partial charge is 0.253 e. The van der Waals surface area contributed by atoms with Crippen LogP contribution in [0.25, 0.3) is 0 Å². The highest BCUT2D eigenvalue weighted by Crippen LogP contribution is 2.19. The van der Waals surface area contributed by atoms with Gasteiger partial charge in [0.25, 0.3) is 5.91 Å². The number of rotatable bonds is 4. The average molecular weight is 296 g/mol. The number of aryl methyl sites for hydroxylation is 1. The minimum atomic E-state index is 0.0569. The van der Waals surface area contributed by atoms with Gasteiger partial charge in [-0.25, -0.2) is 0 Å². The maximum absolute atomic E-state index is 12.5. The lowest BCUT2D eigenvalue weighted by Crippen LogP contribution is -2.39. The highest BCUT2D eigenvalue weighted by Gasteiger charge is 2.21. The molecule has 1 saturated heterocycles. The summed E-state index contributed by atoms with van der Waals surface area (Å²) in [6.45, 7) is 6.11. The first-order chi connectivity index (χ1) is 9.61. The molecule has 0 spiro atoms. The van der Waals surface area contributed by atoms with Gasteiger partial charge in [-0.15, -0.1) is 0 Å². The highest BCUT2D eigenvalue weighted by molar-refractivity contribution is 6.31. The van der Waals surface area contributed by atoms with Crippen molar-refractivity contribution in [1.29, 1.82) is 0 Å². The molecule has 0 bridgehead atoms. The van der Waals surface area contributed by atoms with E-state index in [1.165, 1.54) is 6.42 Å². The number of carbonyl (C=O) groups excluding carboxylic acids is 1. The summed E-state index contributed by atoms with van der Waals surface area (Å²) < 4.78 is 5.72. The van der Waals surface area contributed by atoms with Crippen LogP contribution >= 0.6 is 11.6 Å². The number of halogens is 1. The zero-order chi connectivity index (χ0) is 14.5. The van der Waals surface area contributed by atoms with Crippen molar-refractivity contribution < 1.29 is 9.53 Å². The van der Waals surface area contributed by atoms with E-state index in [9.17, 15) is 4.79 Å². The number of ether oxygens (including phenoxy) is 1. The van der Waals surface area contributed by atoms with Crippen LogP contribution in [0.5, 0.6) is 0 Å². The van der Waals surface area contributed by atoms with Crippen LogP contribution in [0, 0.1) is 6.92 Å². The maximum Gasteiger partial charge on any atom is 0.253 e. The maximum atomic E-state index is 12.5. The van der Waals surface area contributed by atoms with Gasteiger partial charge in [0.2, 0.25) is 0 Å². The van der Waals surface area contributed by atoms with E-state index >= 15 is 0 Å². The second kappa shape index (κ2) is 7.09. The van der Waals surface area contributed by atoms with E-state index in [2.05, 4.69) is 0 Å². The number of likely N-dealkylation sites (N-methyl/N-ethyl adjacent to an activating group) is 1. The van der Waals surface area contributed by atoms with E-state index in [1.54, 1.807) is 12.1 Å². The molecule has 1 aromatic carbocycles. The molecule has 1 atom stereocenters. The molecule has 3 nitrogen and oxygen atoms in total. The molecule has 1 heterocycles. The summed E-state index contributed by atoms with van der Waals surface area (Å²) in [5.74, 6) is 0.0569. The van der Waals surface area contributed by atoms with E-state index in [1.807, 2.05) is 24.8 Å². The Bertz CT molecular complexity index is 470. The zero-order valence-electron chi connectivity index (χ0n) is 12.2. The van der Waals surface area contributed by atoms with Crippen LogP contribution in [0.3, 0.4) is 0 Å². The Morgan fingerprint density at radius 2 is 2.25 bits per heavy atom. The fourth-order valence-electron chi connectivity index (χ4n) is 2.51. The third-order valence-electron chi connectivity index (χ3n) is 3.77. The van der Waals surface area contributed by atoms with Crippen molar-refractivity contribution in [2.24, 2.45) is 0 Å². The molecule has 0 aromatic heterocycles. The molecule has 0 unspecified atom stereocenters. The second-order valence-corrected chi connectivity index (χ2v) is 5.70. The van der Waals surface area contributed by atoms with Crippen molar-refractivity contribution in [2.45, 2.75) is 39.2 Å². The standard InChI is InChI=1S/C16H22ClNO2/c1-3-18(11-14-6-4-5-9-20-14)16(19)13-7-8-15(17)12(2)10-13/h7-8,10,14H,3-6,9,11H2,1-2H3/t14-/m1/s1. The summed E-state index contributed by atoms with van der Waals surface area (Å²) >= 11 is 6.01. The monoisotopic (exact) mass is 295 g/mol. The van der Waals surface area contributed by atoms with E-state index < -0.39 is 0 Å². The van der Waals surface area contributed by atoms with E-state index in [0.29, 0.717) is 23.7 Å². The molecule has 4 heteroatoms. The number of hydrogen-bond acceptors (Lipinski definition) is 2. The van der Waals surface area contributed by atoms with Crippen molar-refractivity contribution in [3.63, 3.8) is 0 Å². The zero-order valence-corrected chi connectivity index (χ0v) is 12.9. The van der Waals surface area contributed by atoms with Gasteiger partial charge in [-0.1, -0.05) is 11.6 Å². The fourth-order valence-corrected chi connectivity index (χ4v) is 2.63. The summed E-state index contributed by atoms with van der Waals surface area (Å²) in [6, 6.07) is 5.44. The number of carbonyl (C=O) groups is 1. The summed E-state index contributed by atoms with van der Waals surface area (Å²) in [6.07, 6.45) is 3.55. The lowest BCUT2D eigenvalue weighted by molar-refractivity contribution is -0.00311. The lowest BCUT2D eigenvalue weighted by Gasteiger charge is -2.29. The van der Waals surface area contributed by atoms with Crippen LogP contribution in [0.1, 0.15) is 42.1 Å². The molecule has 0 N–H and O–H groups in total. The minimum Gasteiger partial charge on any atom is -0.376 e. The van der Waals surface area contributed by atoms with Gasteiger partial charge in [-0.05, 0) is 56.9 Å². The van der Waals surface area contributed by atoms with Gasteiger partial charge in [-0.3, -0.25) is 4.79 Å². The summed E-state index contributed by atoms with van der Waals surface area (Å²) in [5, 5.41) is 0.695. The van der Waals surface area contributed by atoms with E-state index in [4.69, 9.17) is 16.3 Å². The normalized spacial score (nSPS) is 18.9. The number of nitrogens with zero attached hydrogens (tertiary/aromatic N) is 1. The van der Waals surface area contributed by atoms with E-state index in [0.717, 1.165) is 25.0 Å². The lowest BCUT2D eigenvalue weighted by atomic mass is 10.1. The van der Waals surface area contributed by atoms with Crippen LogP contribution < -0.4 is 0 Å². The van der Waals surface area contributed by atoms with Gasteiger partial charge in [0.05, 0.1) is 6.10 Å². The van der Waals surface area contributed by atoms with Crippen molar-refractivity contribution in [2.75, 3.05) is 19.7 Å². The Labute approximate surface area is 125 Å². The van der Waals surface area contributed by atoms with Crippen molar-refractivity contribution >= 4 is 17.5 Å². The van der Waals surface area contributed by atoms with Gasteiger partial charge in [0.1, 0.15) is 0 Å². The Morgan fingerprint density at radius 1 is 1.45 bits per heavy atom. The van der Waals surface area contributed by atoms with Crippen LogP contribution in [0.4, 0.5) is 0 Å². The highest BCUT2D eigenvalue weighted by atomic mass is 35.5. The second-order valence-electron chi connectivity index (χ2n) is 5.30. The van der Waals surface area contributed by atoms with Crippen molar-refractivity contribution in [3.05, 3.63) is 34.3 Å². The molecule has 0 aliphatic carbocycles. The fraction of sp³-hybridized carbons (Fsp3) is 0.562. The van der Waals surface area contributed by atoms with Gasteiger partial charge in [0, 0.05) is 30.3 Å². The Balaban J connectivity index is 2.05. The van der Waals surface area contributed by atoms with Gasteiger partial charge < -0.3 is 9.64 Å². The SMILES string of the molecule is CCN(C[C@H]1CCCCO1)C(=O)c1ccc(Cl)c(C)c1. The molecule has 20 heavy (non-hydrogen) atoms. The van der Waals surface area contributed by atoms with Gasteiger partial charge in [0.15, 0.2) is 0 Å².